The highest BCUT2D eigenvalue weighted by Gasteiger charge is 2.39. The van der Waals surface area contributed by atoms with Gasteiger partial charge in [-0.3, -0.25) is 0 Å². The maximum atomic E-state index is 11.1. The lowest BCUT2D eigenvalue weighted by Crippen LogP contribution is -2.22. The van der Waals surface area contributed by atoms with Gasteiger partial charge in [0.1, 0.15) is 11.0 Å². The highest BCUT2D eigenvalue weighted by molar-refractivity contribution is 8.17. The van der Waals surface area contributed by atoms with Gasteiger partial charge < -0.3 is 0 Å². The van der Waals surface area contributed by atoms with Gasteiger partial charge in [0, 0.05) is 21.4 Å². The Bertz CT molecular complexity index is 508. The first-order chi connectivity index (χ1) is 6.55. The molecule has 15 heavy (non-hydrogen) atoms. The van der Waals surface area contributed by atoms with E-state index >= 15 is 0 Å². The number of allylic oxidation sites excluding steroid dienone is 1. The molecule has 0 aliphatic carbocycles. The van der Waals surface area contributed by atoms with Crippen LogP contribution in [0.15, 0.2) is 10.6 Å². The molecule has 10 heteroatoms. The lowest BCUT2D eigenvalue weighted by atomic mass is 10.3. The summed E-state index contributed by atoms with van der Waals surface area (Å²) in [5.41, 5.74) is -0.160. The average Bonchev–Trinajstić information content (AvgIpc) is 2.22. The number of hydrogen-bond acceptors (Lipinski definition) is 5. The maximum absolute atomic E-state index is 11.1. The molecule has 0 spiro atoms. The van der Waals surface area contributed by atoms with Crippen LogP contribution in [0, 0.1) is 0 Å². The summed E-state index contributed by atoms with van der Waals surface area (Å²) in [5.74, 6) is 0. The molecule has 0 bridgehead atoms. The van der Waals surface area contributed by atoms with Gasteiger partial charge in [0.15, 0.2) is 0 Å². The molecule has 0 saturated heterocycles. The monoisotopic (exact) mass is 295 g/mol. The highest BCUT2D eigenvalue weighted by Crippen LogP contribution is 2.34. The van der Waals surface area contributed by atoms with Crippen molar-refractivity contribution in [3.05, 3.63) is 10.6 Å². The van der Waals surface area contributed by atoms with E-state index in [-0.39, 0.29) is 10.6 Å². The Morgan fingerprint density at radius 3 is 1.93 bits per heavy atom. The number of hydrogen-bond donors (Lipinski definition) is 0. The molecule has 0 aromatic heterocycles. The third kappa shape index (κ3) is 2.56. The largest absolute Gasteiger partial charge is 0.343 e. The molecule has 1 aliphatic rings. The van der Waals surface area contributed by atoms with E-state index in [0.29, 0.717) is 4.47 Å². The predicted octanol–water partition coefficient (Wildman–Crippen LogP) is 0.906. The Morgan fingerprint density at radius 1 is 1.27 bits per heavy atom. The van der Waals surface area contributed by atoms with Crippen LogP contribution in [0.3, 0.4) is 0 Å². The van der Waals surface area contributed by atoms with Gasteiger partial charge in [-0.15, -0.1) is 4.47 Å². The molecular formula is C5H7Cl2NO5S2. The van der Waals surface area contributed by atoms with Crippen LogP contribution in [0.5, 0.6) is 0 Å². The summed E-state index contributed by atoms with van der Waals surface area (Å²) < 4.78 is 44.4. The van der Waals surface area contributed by atoms with Gasteiger partial charge in [-0.05, 0) is 13.8 Å². The predicted molar refractivity (Wildman–Crippen MR) is 54.6 cm³/mol. The number of halogens is 2. The second kappa shape index (κ2) is 3.77. The minimum absolute atomic E-state index is 0.160. The fourth-order valence-corrected chi connectivity index (χ4v) is 3.95. The summed E-state index contributed by atoms with van der Waals surface area (Å²) in [6, 6.07) is 0. The Hall–Kier alpha value is -0.0200. The van der Waals surface area contributed by atoms with Gasteiger partial charge in [-0.25, -0.2) is 13.3 Å². The topological polar surface area (TPSA) is 80.8 Å². The fourth-order valence-electron chi connectivity index (χ4n) is 1.24. The van der Waals surface area contributed by atoms with Crippen LogP contribution < -0.4 is 0 Å². The second-order valence-electron chi connectivity index (χ2n) is 2.80. The number of rotatable bonds is 2. The van der Waals surface area contributed by atoms with E-state index in [9.17, 15) is 16.8 Å². The zero-order valence-electron chi connectivity index (χ0n) is 7.64. The second-order valence-corrected chi connectivity index (χ2v) is 7.66. The van der Waals surface area contributed by atoms with Crippen molar-refractivity contribution >= 4 is 39.7 Å². The molecule has 0 aromatic carbocycles. The van der Waals surface area contributed by atoms with Crippen LogP contribution in [0.25, 0.3) is 0 Å². The van der Waals surface area contributed by atoms with E-state index < -0.39 is 24.4 Å². The average molecular weight is 296 g/mol. The maximum Gasteiger partial charge on any atom is 0.343 e. The SMILES string of the molecule is CC1=C(S(=O)(=O)Cl)C(C)ON1S(=O)(=O)Cl. The third-order valence-electron chi connectivity index (χ3n) is 1.71. The third-order valence-corrected chi connectivity index (χ3v) is 4.50. The lowest BCUT2D eigenvalue weighted by Gasteiger charge is -2.13. The molecule has 1 heterocycles. The van der Waals surface area contributed by atoms with Crippen molar-refractivity contribution in [1.82, 2.24) is 4.47 Å². The molecule has 0 saturated carbocycles. The Morgan fingerprint density at radius 2 is 1.73 bits per heavy atom. The summed E-state index contributed by atoms with van der Waals surface area (Å²) in [6.45, 7) is 2.58. The van der Waals surface area contributed by atoms with E-state index in [0.717, 1.165) is 0 Å². The van der Waals surface area contributed by atoms with Gasteiger partial charge in [0.05, 0.1) is 5.70 Å². The van der Waals surface area contributed by atoms with E-state index in [1.807, 2.05) is 0 Å². The molecule has 0 aromatic rings. The molecule has 1 unspecified atom stereocenters. The summed E-state index contributed by atoms with van der Waals surface area (Å²) in [6.07, 6.45) is -0.985. The minimum atomic E-state index is -4.18. The van der Waals surface area contributed by atoms with Crippen molar-refractivity contribution in [2.45, 2.75) is 20.0 Å². The van der Waals surface area contributed by atoms with Crippen LogP contribution in [0.1, 0.15) is 13.8 Å². The van der Waals surface area contributed by atoms with Crippen molar-refractivity contribution in [3.63, 3.8) is 0 Å². The van der Waals surface area contributed by atoms with Crippen LogP contribution in [0.4, 0.5) is 0 Å². The molecule has 0 fully saturated rings. The lowest BCUT2D eigenvalue weighted by molar-refractivity contribution is -0.0593. The first kappa shape index (κ1) is 13.0. The van der Waals surface area contributed by atoms with Gasteiger partial charge in [0.25, 0.3) is 9.05 Å². The molecule has 0 N–H and O–H groups in total. The molecule has 1 aliphatic heterocycles. The van der Waals surface area contributed by atoms with Crippen molar-refractivity contribution in [2.24, 2.45) is 0 Å². The first-order valence-corrected chi connectivity index (χ1v) is 8.20. The summed E-state index contributed by atoms with van der Waals surface area (Å²) >= 11 is 0. The van der Waals surface area contributed by atoms with Gasteiger partial charge in [-0.1, -0.05) is 0 Å². The summed E-state index contributed by atoms with van der Waals surface area (Å²) in [4.78, 5) is 4.44. The van der Waals surface area contributed by atoms with E-state index in [1.165, 1.54) is 13.8 Å². The van der Waals surface area contributed by atoms with Gasteiger partial charge in [0.2, 0.25) is 0 Å². The zero-order valence-corrected chi connectivity index (χ0v) is 10.8. The van der Waals surface area contributed by atoms with Crippen LogP contribution in [-0.2, 0) is 23.1 Å². The zero-order chi connectivity index (χ0) is 12.0. The number of hydroxylamine groups is 1. The van der Waals surface area contributed by atoms with Gasteiger partial charge in [-0.2, -0.15) is 8.42 Å². The van der Waals surface area contributed by atoms with Crippen molar-refractivity contribution < 1.29 is 21.7 Å². The highest BCUT2D eigenvalue weighted by atomic mass is 35.7. The summed E-state index contributed by atoms with van der Waals surface area (Å²) in [5, 5.41) is 0. The molecule has 0 radical (unpaired) electrons. The number of nitrogens with zero attached hydrogens (tertiary/aromatic N) is 1. The van der Waals surface area contributed by atoms with Crippen molar-refractivity contribution in [2.75, 3.05) is 0 Å². The standard InChI is InChI=1S/C5H7Cl2NO5S2/c1-3-5(14(6,9)10)4(2)13-8(3)15(7,11)12/h4H,1-2H3. The van der Waals surface area contributed by atoms with Crippen LogP contribution >= 0.6 is 21.4 Å². The quantitative estimate of drug-likeness (QED) is 0.707. The Balaban J connectivity index is 3.35. The smallest absolute Gasteiger partial charge is 0.249 e. The van der Waals surface area contributed by atoms with E-state index in [1.54, 1.807) is 0 Å². The van der Waals surface area contributed by atoms with Crippen LogP contribution in [-0.4, -0.2) is 27.4 Å². The molecule has 6 nitrogen and oxygen atoms in total. The van der Waals surface area contributed by atoms with E-state index in [4.69, 9.17) is 26.2 Å². The molecule has 0 amide bonds. The Kier molecular flexibility index (Phi) is 3.28. The normalized spacial score (nSPS) is 23.7. The van der Waals surface area contributed by atoms with Crippen LogP contribution in [0.2, 0.25) is 0 Å². The van der Waals surface area contributed by atoms with Gasteiger partial charge >= 0.3 is 9.24 Å². The molecule has 88 valence electrons. The van der Waals surface area contributed by atoms with Crippen molar-refractivity contribution in [1.29, 1.82) is 0 Å². The molecular weight excluding hydrogens is 289 g/mol. The fraction of sp³-hybridized carbons (Fsp3) is 0.600. The van der Waals surface area contributed by atoms with Crippen molar-refractivity contribution in [3.8, 4) is 0 Å². The van der Waals surface area contributed by atoms with E-state index in [2.05, 4.69) is 0 Å². The molecule has 1 rings (SSSR count). The summed E-state index contributed by atoms with van der Waals surface area (Å²) in [7, 11) is 1.92. The minimum Gasteiger partial charge on any atom is -0.249 e. The molecule has 1 atom stereocenters. The first-order valence-electron chi connectivity index (χ1n) is 3.62. The Labute approximate surface area is 96.3 Å².